The van der Waals surface area contributed by atoms with Crippen molar-refractivity contribution < 1.29 is 37.5 Å². The summed E-state index contributed by atoms with van der Waals surface area (Å²) in [5.74, 6) is -0.960. The van der Waals surface area contributed by atoms with Gasteiger partial charge in [-0.2, -0.15) is 8.42 Å². The number of hydrogen-bond donors (Lipinski definition) is 5. The van der Waals surface area contributed by atoms with E-state index in [9.17, 15) is 23.4 Å². The fourth-order valence-corrected chi connectivity index (χ4v) is 4.68. The van der Waals surface area contributed by atoms with Gasteiger partial charge in [-0.15, -0.1) is 0 Å². The molecule has 1 saturated heterocycles. The second-order valence-electron chi connectivity index (χ2n) is 6.19. The molecular weight excluding hydrogens is 666 g/mol. The normalized spacial score (nSPS) is 24.6. The van der Waals surface area contributed by atoms with Crippen molar-refractivity contribution in [1.29, 1.82) is 0 Å². The number of imidazole rings is 1. The average molecular weight is 682 g/mol. The van der Waals surface area contributed by atoms with Crippen LogP contribution in [0.4, 0.5) is 5.82 Å². The first-order valence-corrected chi connectivity index (χ1v) is 12.1. The summed E-state index contributed by atoms with van der Waals surface area (Å²) in [6.07, 6.45) is -4.24. The van der Waals surface area contributed by atoms with Crippen LogP contribution in [0.15, 0.2) is 16.0 Å². The standard InChI is InChI=1S/C14H16I2N6O8S/c15-1-5(2-23)12(26)21-31(27,28)29-3-6-8(24)9(25)13(30-6)22-11-7(20-14(22)16)10(17)18-4-19-11/h1,4,6,8-9,13,23-25H,2-3H2,(H,21,26)(H2,17,18,19)/b5-1-/t6-,8-,9-,13-/m1/s1. The molecule has 170 valence electrons. The SMILES string of the molecule is Nc1ncnc2c1nc(I)n2[C@@H]1O[C@H](COS(=O)(=O)NC(=O)/C(=C\I)CO)[C@@H](O)[C@H]1O. The number of amides is 1. The number of ether oxygens (including phenoxy) is 1. The summed E-state index contributed by atoms with van der Waals surface area (Å²) in [5.41, 5.74) is 6.10. The minimum atomic E-state index is -4.58. The number of hydrogen-bond acceptors (Lipinski definition) is 12. The number of halogens is 2. The number of carbonyl (C=O) groups is 1. The number of aliphatic hydroxyl groups is 3. The number of nitrogens with two attached hydrogens (primary N) is 1. The van der Waals surface area contributed by atoms with E-state index < -0.39 is 54.0 Å². The van der Waals surface area contributed by atoms with Crippen LogP contribution >= 0.6 is 45.2 Å². The zero-order valence-corrected chi connectivity index (χ0v) is 20.4. The van der Waals surface area contributed by atoms with Crippen LogP contribution in [-0.2, 0) is 24.0 Å². The van der Waals surface area contributed by atoms with E-state index in [-0.39, 0.29) is 22.6 Å². The van der Waals surface area contributed by atoms with Crippen molar-refractivity contribution >= 4 is 78.4 Å². The molecule has 3 heterocycles. The third-order valence-electron chi connectivity index (χ3n) is 4.25. The van der Waals surface area contributed by atoms with Crippen LogP contribution in [0.25, 0.3) is 11.2 Å². The van der Waals surface area contributed by atoms with Crippen molar-refractivity contribution in [2.24, 2.45) is 0 Å². The number of nitrogens with zero attached hydrogens (tertiary/aromatic N) is 4. The monoisotopic (exact) mass is 682 g/mol. The lowest BCUT2D eigenvalue weighted by Gasteiger charge is -2.17. The lowest BCUT2D eigenvalue weighted by atomic mass is 10.1. The van der Waals surface area contributed by atoms with Gasteiger partial charge in [0.15, 0.2) is 27.0 Å². The van der Waals surface area contributed by atoms with Gasteiger partial charge in [0.1, 0.15) is 24.6 Å². The van der Waals surface area contributed by atoms with Crippen LogP contribution in [0, 0.1) is 3.83 Å². The molecule has 4 atom stereocenters. The van der Waals surface area contributed by atoms with Gasteiger partial charge in [-0.3, -0.25) is 13.5 Å². The molecule has 17 heteroatoms. The number of carbonyl (C=O) groups excluding carboxylic acids is 1. The van der Waals surface area contributed by atoms with Crippen LogP contribution < -0.4 is 10.5 Å². The molecule has 2 aromatic rings. The maximum absolute atomic E-state index is 12.0. The predicted molar refractivity (Wildman–Crippen MR) is 121 cm³/mol. The number of aromatic nitrogens is 4. The van der Waals surface area contributed by atoms with E-state index in [1.807, 2.05) is 22.6 Å². The summed E-state index contributed by atoms with van der Waals surface area (Å²) >= 11 is 3.53. The van der Waals surface area contributed by atoms with Crippen molar-refractivity contribution in [1.82, 2.24) is 24.2 Å². The van der Waals surface area contributed by atoms with Crippen LogP contribution in [0.5, 0.6) is 0 Å². The largest absolute Gasteiger partial charge is 0.391 e. The highest BCUT2D eigenvalue weighted by Gasteiger charge is 2.45. The zero-order chi connectivity index (χ0) is 22.9. The first kappa shape index (κ1) is 24.4. The van der Waals surface area contributed by atoms with Crippen molar-refractivity contribution in [3.8, 4) is 0 Å². The van der Waals surface area contributed by atoms with Crippen LogP contribution in [0.2, 0.25) is 0 Å². The van der Waals surface area contributed by atoms with Gasteiger partial charge in [-0.1, -0.05) is 22.6 Å². The van der Waals surface area contributed by atoms with Gasteiger partial charge in [-0.05, 0) is 4.08 Å². The van der Waals surface area contributed by atoms with E-state index in [0.717, 1.165) is 0 Å². The minimum Gasteiger partial charge on any atom is -0.391 e. The highest BCUT2D eigenvalue weighted by atomic mass is 127. The molecule has 0 aliphatic carbocycles. The Hall–Kier alpha value is -1.23. The number of aliphatic hydroxyl groups excluding tert-OH is 3. The summed E-state index contributed by atoms with van der Waals surface area (Å²) in [4.78, 5) is 23.9. The quantitative estimate of drug-likeness (QED) is 0.126. The molecule has 14 nitrogen and oxygen atoms in total. The molecule has 0 spiro atoms. The zero-order valence-electron chi connectivity index (χ0n) is 15.3. The molecule has 1 amide bonds. The molecule has 1 aliphatic heterocycles. The number of nitrogen functional groups attached to an aromatic ring is 1. The maximum atomic E-state index is 12.0. The van der Waals surface area contributed by atoms with E-state index >= 15 is 0 Å². The third kappa shape index (κ3) is 5.07. The lowest BCUT2D eigenvalue weighted by Crippen LogP contribution is -2.38. The molecule has 0 aromatic carbocycles. The maximum Gasteiger partial charge on any atom is 0.362 e. The highest BCUT2D eigenvalue weighted by molar-refractivity contribution is 14.1. The minimum absolute atomic E-state index is 0.110. The second kappa shape index (κ2) is 9.72. The Balaban J connectivity index is 1.74. The Labute approximate surface area is 202 Å². The molecular formula is C14H16I2N6O8S. The van der Waals surface area contributed by atoms with Gasteiger partial charge < -0.3 is 25.8 Å². The molecule has 3 rings (SSSR count). The molecule has 31 heavy (non-hydrogen) atoms. The van der Waals surface area contributed by atoms with E-state index in [4.69, 9.17) is 19.8 Å². The van der Waals surface area contributed by atoms with Gasteiger partial charge in [0, 0.05) is 28.2 Å². The van der Waals surface area contributed by atoms with Gasteiger partial charge in [0.05, 0.1) is 13.2 Å². The van der Waals surface area contributed by atoms with Crippen molar-refractivity contribution in [3.63, 3.8) is 0 Å². The van der Waals surface area contributed by atoms with Crippen LogP contribution in [0.1, 0.15) is 6.23 Å². The molecule has 6 N–H and O–H groups in total. The Morgan fingerprint density at radius 2 is 2.10 bits per heavy atom. The van der Waals surface area contributed by atoms with E-state index in [0.29, 0.717) is 3.83 Å². The molecule has 1 fully saturated rings. The number of fused-ring (bicyclic) bond motifs is 1. The second-order valence-corrected chi connectivity index (χ2v) is 9.13. The highest BCUT2D eigenvalue weighted by Crippen LogP contribution is 2.34. The molecule has 2 aromatic heterocycles. The van der Waals surface area contributed by atoms with Gasteiger partial charge >= 0.3 is 10.3 Å². The predicted octanol–water partition coefficient (Wildman–Crippen LogP) is -1.68. The van der Waals surface area contributed by atoms with E-state index in [2.05, 4.69) is 15.0 Å². The Morgan fingerprint density at radius 1 is 1.39 bits per heavy atom. The first-order valence-electron chi connectivity index (χ1n) is 8.36. The summed E-state index contributed by atoms with van der Waals surface area (Å²) in [6, 6.07) is 0. The smallest absolute Gasteiger partial charge is 0.362 e. The molecule has 0 saturated carbocycles. The summed E-state index contributed by atoms with van der Waals surface area (Å²) < 4.78 is 38.8. The van der Waals surface area contributed by atoms with Gasteiger partial charge in [-0.25, -0.2) is 19.7 Å². The average Bonchev–Trinajstić information content (AvgIpc) is 3.18. The molecule has 0 unspecified atom stereocenters. The van der Waals surface area contributed by atoms with E-state index in [1.54, 1.807) is 27.3 Å². The fourth-order valence-electron chi connectivity index (χ4n) is 2.73. The van der Waals surface area contributed by atoms with Crippen molar-refractivity contribution in [2.45, 2.75) is 24.5 Å². The molecule has 0 radical (unpaired) electrons. The Bertz CT molecular complexity index is 1130. The van der Waals surface area contributed by atoms with Crippen molar-refractivity contribution in [2.75, 3.05) is 18.9 Å². The summed E-state index contributed by atoms with van der Waals surface area (Å²) in [6.45, 7) is -1.38. The Morgan fingerprint density at radius 3 is 2.74 bits per heavy atom. The van der Waals surface area contributed by atoms with Crippen molar-refractivity contribution in [3.05, 3.63) is 19.8 Å². The van der Waals surface area contributed by atoms with Gasteiger partial charge in [0.25, 0.3) is 5.91 Å². The van der Waals surface area contributed by atoms with E-state index in [1.165, 1.54) is 15.0 Å². The van der Waals surface area contributed by atoms with Crippen LogP contribution in [0.3, 0.4) is 0 Å². The number of nitrogens with one attached hydrogen (secondary N) is 1. The fraction of sp³-hybridized carbons (Fsp3) is 0.429. The lowest BCUT2D eigenvalue weighted by molar-refractivity contribution is -0.116. The first-order chi connectivity index (χ1) is 14.6. The molecule has 0 bridgehead atoms. The third-order valence-corrected chi connectivity index (χ3v) is 6.65. The summed E-state index contributed by atoms with van der Waals surface area (Å²) in [5, 5.41) is 29.8. The topological polar surface area (TPSA) is 212 Å². The van der Waals surface area contributed by atoms with Gasteiger partial charge in [0.2, 0.25) is 0 Å². The van der Waals surface area contributed by atoms with Crippen LogP contribution in [-0.4, -0.2) is 80.7 Å². The number of anilines is 1. The number of rotatable bonds is 7. The molecule has 1 aliphatic rings. The Kier molecular flexibility index (Phi) is 7.66. The summed E-state index contributed by atoms with van der Waals surface area (Å²) in [7, 11) is -4.58.